The number of aryl methyl sites for hydroxylation is 1. The summed E-state index contributed by atoms with van der Waals surface area (Å²) < 4.78 is 12.5. The van der Waals surface area contributed by atoms with E-state index in [1.165, 1.54) is 9.80 Å². The number of anilines is 1. The number of likely N-dealkylation sites (tertiary alicyclic amines) is 1. The highest BCUT2D eigenvalue weighted by atomic mass is 35.5. The van der Waals surface area contributed by atoms with Crippen molar-refractivity contribution in [2.24, 2.45) is 11.8 Å². The van der Waals surface area contributed by atoms with Crippen molar-refractivity contribution in [1.82, 2.24) is 4.90 Å². The predicted molar refractivity (Wildman–Crippen MR) is 154 cm³/mol. The molecule has 8 nitrogen and oxygen atoms in total. The first kappa shape index (κ1) is 30.3. The first-order valence-electron chi connectivity index (χ1n) is 14.2. The van der Waals surface area contributed by atoms with Crippen molar-refractivity contribution >= 4 is 35.1 Å². The second-order valence-electron chi connectivity index (χ2n) is 11.2. The molecule has 6 atom stereocenters. The molecule has 2 unspecified atom stereocenters. The van der Waals surface area contributed by atoms with Crippen LogP contribution < -0.4 is 4.90 Å². The predicted octanol–water partition coefficient (Wildman–Crippen LogP) is 4.60. The summed E-state index contributed by atoms with van der Waals surface area (Å²) in [6.45, 7) is 13.1. The first-order chi connectivity index (χ1) is 19.1. The molecular weight excluding hydrogens is 532 g/mol. The van der Waals surface area contributed by atoms with E-state index in [0.717, 1.165) is 18.4 Å². The molecule has 0 aliphatic carbocycles. The monoisotopic (exact) mass is 572 g/mol. The van der Waals surface area contributed by atoms with E-state index >= 15 is 0 Å². The molecule has 218 valence electrons. The van der Waals surface area contributed by atoms with Gasteiger partial charge in [0.05, 0.1) is 41.5 Å². The number of ether oxygens (including phenoxy) is 2. The molecule has 1 N–H and O–H groups in total. The zero-order chi connectivity index (χ0) is 29.2. The van der Waals surface area contributed by atoms with Crippen LogP contribution in [0.5, 0.6) is 0 Å². The Bertz CT molecular complexity index is 1150. The topological polar surface area (TPSA) is 96.4 Å². The fourth-order valence-electron chi connectivity index (χ4n) is 7.04. The van der Waals surface area contributed by atoms with Crippen LogP contribution >= 0.6 is 11.6 Å². The fourth-order valence-corrected chi connectivity index (χ4v) is 7.37. The lowest BCUT2D eigenvalue weighted by atomic mass is 9.65. The van der Waals surface area contributed by atoms with Crippen LogP contribution in [-0.2, 0) is 23.9 Å². The standard InChI is InChI=1S/C31H41ClN2O6/c1-6-9-10-11-18-39-29(38)24-23-27(36)34(21(5)19-35)26(31(23)16-15-30(24,8-3)40-31)28(37)33(17-7-2)25-20(4)13-12-14-22(25)32/h6-7,12-14,21,23-24,26,35H,1-2,8-11,15-19H2,3-5H3/t21-,23+,24-,26?,30+,31?/m1/s1. The van der Waals surface area contributed by atoms with Crippen molar-refractivity contribution in [3.05, 3.63) is 54.1 Å². The van der Waals surface area contributed by atoms with E-state index < -0.39 is 41.1 Å². The van der Waals surface area contributed by atoms with Gasteiger partial charge in [-0.2, -0.15) is 0 Å². The average Bonchev–Trinajstić information content (AvgIpc) is 3.55. The SMILES string of the molecule is C=CCCCCOC(=O)[C@H]1[C@H]2C(=O)N([C@H](C)CO)C(C(=O)N(CC=C)c3c(C)cccc3Cl)C23CC[C@]1(CC)O3. The number of amides is 2. The zero-order valence-corrected chi connectivity index (χ0v) is 24.5. The van der Waals surface area contributed by atoms with E-state index in [0.29, 0.717) is 36.4 Å². The number of benzene rings is 1. The number of aliphatic hydroxyl groups excluding tert-OH is 1. The van der Waals surface area contributed by atoms with E-state index in [-0.39, 0.29) is 31.6 Å². The van der Waals surface area contributed by atoms with Crippen molar-refractivity contribution < 1.29 is 29.0 Å². The normalized spacial score (nSPS) is 29.3. The van der Waals surface area contributed by atoms with Crippen molar-refractivity contribution in [2.75, 3.05) is 24.7 Å². The molecule has 0 saturated carbocycles. The number of hydrogen-bond donors (Lipinski definition) is 1. The smallest absolute Gasteiger partial charge is 0.312 e. The minimum Gasteiger partial charge on any atom is -0.465 e. The molecule has 3 heterocycles. The Kier molecular flexibility index (Phi) is 9.12. The van der Waals surface area contributed by atoms with E-state index in [1.807, 2.05) is 32.1 Å². The van der Waals surface area contributed by atoms with E-state index in [4.69, 9.17) is 21.1 Å². The number of unbranched alkanes of at least 4 members (excludes halogenated alkanes) is 2. The molecule has 2 amide bonds. The quantitative estimate of drug-likeness (QED) is 0.211. The van der Waals surface area contributed by atoms with Crippen molar-refractivity contribution in [3.8, 4) is 0 Å². The lowest BCUT2D eigenvalue weighted by molar-refractivity contribution is -0.162. The summed E-state index contributed by atoms with van der Waals surface area (Å²) in [4.78, 5) is 45.4. The number of aliphatic hydroxyl groups is 1. The number of esters is 1. The third-order valence-electron chi connectivity index (χ3n) is 8.93. The number of fused-ring (bicyclic) bond motifs is 1. The van der Waals surface area contributed by atoms with Gasteiger partial charge in [-0.05, 0) is 64.0 Å². The van der Waals surface area contributed by atoms with Crippen molar-refractivity contribution in [1.29, 1.82) is 0 Å². The number of carbonyl (C=O) groups is 3. The zero-order valence-electron chi connectivity index (χ0n) is 23.7. The Hall–Kier alpha value is -2.68. The molecule has 3 aliphatic rings. The Morgan fingerprint density at radius 1 is 1.30 bits per heavy atom. The van der Waals surface area contributed by atoms with Crippen LogP contribution in [-0.4, -0.2) is 70.8 Å². The summed E-state index contributed by atoms with van der Waals surface area (Å²) in [5.41, 5.74) is -0.794. The summed E-state index contributed by atoms with van der Waals surface area (Å²) >= 11 is 6.60. The van der Waals surface area contributed by atoms with Gasteiger partial charge in [-0.3, -0.25) is 14.4 Å². The van der Waals surface area contributed by atoms with Gasteiger partial charge in [0, 0.05) is 6.54 Å². The van der Waals surface area contributed by atoms with Gasteiger partial charge in [0.2, 0.25) is 5.91 Å². The highest BCUT2D eigenvalue weighted by Gasteiger charge is 2.79. The van der Waals surface area contributed by atoms with Crippen LogP contribution in [0.1, 0.15) is 57.9 Å². The molecule has 40 heavy (non-hydrogen) atoms. The second-order valence-corrected chi connectivity index (χ2v) is 11.6. The highest BCUT2D eigenvalue weighted by Crippen LogP contribution is 2.65. The van der Waals surface area contributed by atoms with Crippen molar-refractivity contribution in [3.63, 3.8) is 0 Å². The molecule has 0 radical (unpaired) electrons. The van der Waals surface area contributed by atoms with Gasteiger partial charge < -0.3 is 24.4 Å². The van der Waals surface area contributed by atoms with E-state index in [9.17, 15) is 19.5 Å². The Balaban J connectivity index is 1.77. The van der Waals surface area contributed by atoms with Gasteiger partial charge in [0.15, 0.2) is 0 Å². The maximum atomic E-state index is 14.6. The van der Waals surface area contributed by atoms with Gasteiger partial charge in [0.1, 0.15) is 17.6 Å². The van der Waals surface area contributed by atoms with Crippen LogP contribution in [0.2, 0.25) is 5.02 Å². The molecular formula is C31H41ClN2O6. The molecule has 3 aliphatic heterocycles. The van der Waals surface area contributed by atoms with Crippen LogP contribution in [0.3, 0.4) is 0 Å². The lowest BCUT2D eigenvalue weighted by Gasteiger charge is -2.39. The van der Waals surface area contributed by atoms with Gasteiger partial charge in [-0.15, -0.1) is 13.2 Å². The van der Waals surface area contributed by atoms with E-state index in [2.05, 4.69) is 13.2 Å². The highest BCUT2D eigenvalue weighted by molar-refractivity contribution is 6.34. The number of carbonyl (C=O) groups excluding carboxylic acids is 3. The first-order valence-corrected chi connectivity index (χ1v) is 14.6. The van der Waals surface area contributed by atoms with Gasteiger partial charge in [0.25, 0.3) is 5.91 Å². The Labute approximate surface area is 241 Å². The van der Waals surface area contributed by atoms with Gasteiger partial charge >= 0.3 is 5.97 Å². The minimum absolute atomic E-state index is 0.158. The van der Waals surface area contributed by atoms with Gasteiger partial charge in [-0.1, -0.05) is 42.8 Å². The molecule has 0 aromatic heterocycles. The van der Waals surface area contributed by atoms with Crippen LogP contribution in [0, 0.1) is 18.8 Å². The number of allylic oxidation sites excluding steroid dienone is 1. The summed E-state index contributed by atoms with van der Waals surface area (Å²) in [6.07, 6.45) is 7.28. The largest absolute Gasteiger partial charge is 0.465 e. The lowest BCUT2D eigenvalue weighted by Crippen LogP contribution is -2.58. The molecule has 1 spiro atoms. The number of nitrogens with zero attached hydrogens (tertiary/aromatic N) is 2. The summed E-state index contributed by atoms with van der Waals surface area (Å²) in [5.74, 6) is -2.92. The van der Waals surface area contributed by atoms with E-state index in [1.54, 1.807) is 19.1 Å². The number of halogens is 1. The maximum Gasteiger partial charge on any atom is 0.312 e. The number of hydrogen-bond acceptors (Lipinski definition) is 6. The van der Waals surface area contributed by atoms with Gasteiger partial charge in [-0.25, -0.2) is 0 Å². The molecule has 2 bridgehead atoms. The molecule has 3 saturated heterocycles. The average molecular weight is 573 g/mol. The molecule has 1 aromatic rings. The van der Waals surface area contributed by atoms with Crippen molar-refractivity contribution in [2.45, 2.75) is 82.6 Å². The van der Waals surface area contributed by atoms with Crippen LogP contribution in [0.15, 0.2) is 43.5 Å². The Morgan fingerprint density at radius 3 is 2.67 bits per heavy atom. The second kappa shape index (κ2) is 12.0. The minimum atomic E-state index is -1.23. The summed E-state index contributed by atoms with van der Waals surface area (Å²) in [5, 5.41) is 10.6. The summed E-state index contributed by atoms with van der Waals surface area (Å²) in [6, 6.07) is 3.67. The number of para-hydroxylation sites is 1. The summed E-state index contributed by atoms with van der Waals surface area (Å²) in [7, 11) is 0. The third kappa shape index (κ3) is 4.78. The molecule has 4 rings (SSSR count). The maximum absolute atomic E-state index is 14.6. The molecule has 9 heteroatoms. The number of rotatable bonds is 13. The fraction of sp³-hybridized carbons (Fsp3) is 0.581. The third-order valence-corrected chi connectivity index (χ3v) is 9.23. The van der Waals surface area contributed by atoms with Crippen LogP contribution in [0.25, 0.3) is 0 Å². The Morgan fingerprint density at radius 2 is 2.05 bits per heavy atom. The molecule has 1 aromatic carbocycles. The van der Waals surface area contributed by atoms with Crippen LogP contribution in [0.4, 0.5) is 5.69 Å². The molecule has 3 fully saturated rings.